The van der Waals surface area contributed by atoms with Crippen LogP contribution in [0.1, 0.15) is 25.7 Å². The molecule has 1 atom stereocenters. The van der Waals surface area contributed by atoms with E-state index in [2.05, 4.69) is 0 Å². The highest BCUT2D eigenvalue weighted by Gasteiger charge is 2.49. The van der Waals surface area contributed by atoms with Crippen molar-refractivity contribution in [2.45, 2.75) is 31.2 Å². The van der Waals surface area contributed by atoms with Gasteiger partial charge < -0.3 is 19.9 Å². The van der Waals surface area contributed by atoms with Gasteiger partial charge in [-0.2, -0.15) is 0 Å². The van der Waals surface area contributed by atoms with Crippen LogP contribution in [-0.2, 0) is 19.0 Å². The molecule has 2 fully saturated rings. The molecule has 0 bridgehead atoms. The molecular weight excluding hydrogens is 234 g/mol. The Bertz CT molecular complexity index is 287. The summed E-state index contributed by atoms with van der Waals surface area (Å²) >= 11 is 0. The van der Waals surface area contributed by atoms with Gasteiger partial charge in [0.1, 0.15) is 5.54 Å². The van der Waals surface area contributed by atoms with Crippen LogP contribution in [0.15, 0.2) is 0 Å². The van der Waals surface area contributed by atoms with Gasteiger partial charge in [0.2, 0.25) is 0 Å². The Hall–Kier alpha value is -0.650. The first-order valence-corrected chi connectivity index (χ1v) is 6.69. The molecule has 0 spiro atoms. The van der Waals surface area contributed by atoms with Crippen molar-refractivity contribution in [3.63, 3.8) is 0 Å². The molecule has 0 amide bonds. The van der Waals surface area contributed by atoms with E-state index in [4.69, 9.17) is 19.9 Å². The van der Waals surface area contributed by atoms with Crippen LogP contribution in [0, 0.1) is 11.8 Å². The monoisotopic (exact) mass is 257 g/mol. The highest BCUT2D eigenvalue weighted by atomic mass is 16.5. The summed E-state index contributed by atoms with van der Waals surface area (Å²) in [4.78, 5) is 11.8. The van der Waals surface area contributed by atoms with Gasteiger partial charge in [-0.25, -0.2) is 4.79 Å². The van der Waals surface area contributed by atoms with E-state index in [1.807, 2.05) is 0 Å². The minimum atomic E-state index is -0.945. The Kier molecular flexibility index (Phi) is 4.59. The van der Waals surface area contributed by atoms with Crippen LogP contribution in [0.25, 0.3) is 0 Å². The second-order valence-corrected chi connectivity index (χ2v) is 5.38. The molecule has 2 rings (SSSR count). The number of hydrogen-bond acceptors (Lipinski definition) is 5. The molecule has 0 radical (unpaired) electrons. The molecule has 1 aliphatic carbocycles. The number of methoxy groups -OCH3 is 1. The lowest BCUT2D eigenvalue weighted by molar-refractivity contribution is -0.151. The number of rotatable bonds is 6. The van der Waals surface area contributed by atoms with Crippen LogP contribution in [0.2, 0.25) is 0 Å². The third-order valence-corrected chi connectivity index (χ3v) is 3.91. The van der Waals surface area contributed by atoms with Gasteiger partial charge in [-0.15, -0.1) is 0 Å². The van der Waals surface area contributed by atoms with Crippen LogP contribution in [0.4, 0.5) is 0 Å². The third-order valence-electron chi connectivity index (χ3n) is 3.91. The lowest BCUT2D eigenvalue weighted by atomic mass is 9.95. The lowest BCUT2D eigenvalue weighted by Crippen LogP contribution is -2.54. The average molecular weight is 257 g/mol. The summed E-state index contributed by atoms with van der Waals surface area (Å²) in [5, 5.41) is 0. The minimum Gasteiger partial charge on any atom is -0.468 e. The minimum absolute atomic E-state index is 0.222. The molecule has 0 aromatic carbocycles. The first-order valence-electron chi connectivity index (χ1n) is 6.69. The van der Waals surface area contributed by atoms with E-state index in [1.165, 1.54) is 7.11 Å². The standard InChI is InChI=1S/C13H23NO4/c1-16-12(15)13(14,11-2-3-11)9-18-8-10-4-6-17-7-5-10/h10-11H,2-9,14H2,1H3. The summed E-state index contributed by atoms with van der Waals surface area (Å²) in [5.41, 5.74) is 5.20. The first-order chi connectivity index (χ1) is 8.66. The molecule has 1 aliphatic heterocycles. The van der Waals surface area contributed by atoms with Gasteiger partial charge in [0.05, 0.1) is 13.7 Å². The molecule has 1 unspecified atom stereocenters. The van der Waals surface area contributed by atoms with Crippen LogP contribution >= 0.6 is 0 Å². The van der Waals surface area contributed by atoms with E-state index in [0.717, 1.165) is 38.9 Å². The van der Waals surface area contributed by atoms with Crippen LogP contribution in [0.5, 0.6) is 0 Å². The zero-order valence-corrected chi connectivity index (χ0v) is 11.0. The number of nitrogens with two attached hydrogens (primary N) is 1. The Balaban J connectivity index is 1.77. The van der Waals surface area contributed by atoms with Gasteiger partial charge in [-0.05, 0) is 37.5 Å². The van der Waals surface area contributed by atoms with Crippen molar-refractivity contribution in [1.82, 2.24) is 0 Å². The fourth-order valence-electron chi connectivity index (χ4n) is 2.44. The van der Waals surface area contributed by atoms with Crippen molar-refractivity contribution >= 4 is 5.97 Å². The van der Waals surface area contributed by atoms with Crippen molar-refractivity contribution in [3.05, 3.63) is 0 Å². The number of hydrogen-bond donors (Lipinski definition) is 1. The highest BCUT2D eigenvalue weighted by Crippen LogP contribution is 2.39. The molecule has 1 heterocycles. The fraction of sp³-hybridized carbons (Fsp3) is 0.923. The predicted octanol–water partition coefficient (Wildman–Crippen LogP) is 0.710. The van der Waals surface area contributed by atoms with E-state index >= 15 is 0 Å². The lowest BCUT2D eigenvalue weighted by Gasteiger charge is -2.28. The van der Waals surface area contributed by atoms with E-state index in [1.54, 1.807) is 0 Å². The largest absolute Gasteiger partial charge is 0.468 e. The number of carbonyl (C=O) groups is 1. The van der Waals surface area contributed by atoms with Gasteiger partial charge >= 0.3 is 5.97 Å². The van der Waals surface area contributed by atoms with Crippen molar-refractivity contribution in [1.29, 1.82) is 0 Å². The van der Waals surface area contributed by atoms with Crippen molar-refractivity contribution in [2.75, 3.05) is 33.5 Å². The Labute approximate surface area is 108 Å². The van der Waals surface area contributed by atoms with Crippen molar-refractivity contribution < 1.29 is 19.0 Å². The zero-order chi connectivity index (χ0) is 13.0. The molecule has 5 heteroatoms. The maximum Gasteiger partial charge on any atom is 0.328 e. The maximum absolute atomic E-state index is 11.8. The molecule has 1 saturated carbocycles. The van der Waals surface area contributed by atoms with Crippen LogP contribution < -0.4 is 5.73 Å². The first kappa shape index (κ1) is 13.8. The average Bonchev–Trinajstić information content (AvgIpc) is 3.23. The number of carbonyl (C=O) groups excluding carboxylic acids is 1. The van der Waals surface area contributed by atoms with Crippen molar-refractivity contribution in [3.8, 4) is 0 Å². The Morgan fingerprint density at radius 2 is 2.00 bits per heavy atom. The Morgan fingerprint density at radius 1 is 1.33 bits per heavy atom. The second-order valence-electron chi connectivity index (χ2n) is 5.38. The molecule has 0 aromatic rings. The fourth-order valence-corrected chi connectivity index (χ4v) is 2.44. The van der Waals surface area contributed by atoms with Gasteiger partial charge in [-0.3, -0.25) is 0 Å². The predicted molar refractivity (Wildman–Crippen MR) is 66.0 cm³/mol. The van der Waals surface area contributed by atoms with Crippen LogP contribution in [0.3, 0.4) is 0 Å². The van der Waals surface area contributed by atoms with E-state index in [9.17, 15) is 4.79 Å². The molecule has 2 N–H and O–H groups in total. The SMILES string of the molecule is COC(=O)C(N)(COCC1CCOCC1)C1CC1. The smallest absolute Gasteiger partial charge is 0.328 e. The zero-order valence-electron chi connectivity index (χ0n) is 11.0. The molecular formula is C13H23NO4. The van der Waals surface area contributed by atoms with Gasteiger partial charge in [0.15, 0.2) is 0 Å². The van der Waals surface area contributed by atoms with Crippen molar-refractivity contribution in [2.24, 2.45) is 17.6 Å². The van der Waals surface area contributed by atoms with Crippen LogP contribution in [-0.4, -0.2) is 45.0 Å². The number of esters is 1. The summed E-state index contributed by atoms with van der Waals surface area (Å²) in [7, 11) is 1.38. The van der Waals surface area contributed by atoms with E-state index in [-0.39, 0.29) is 18.5 Å². The van der Waals surface area contributed by atoms with E-state index in [0.29, 0.717) is 12.5 Å². The molecule has 0 aromatic heterocycles. The van der Waals surface area contributed by atoms with Gasteiger partial charge in [0, 0.05) is 19.8 Å². The van der Waals surface area contributed by atoms with E-state index < -0.39 is 5.54 Å². The Morgan fingerprint density at radius 3 is 2.56 bits per heavy atom. The molecule has 104 valence electrons. The van der Waals surface area contributed by atoms with Gasteiger partial charge in [-0.1, -0.05) is 0 Å². The quantitative estimate of drug-likeness (QED) is 0.710. The highest BCUT2D eigenvalue weighted by molar-refractivity contribution is 5.81. The molecule has 1 saturated heterocycles. The summed E-state index contributed by atoms with van der Waals surface area (Å²) in [6.07, 6.45) is 4.04. The second kappa shape index (κ2) is 5.99. The summed E-state index contributed by atoms with van der Waals surface area (Å²) < 4.78 is 15.8. The maximum atomic E-state index is 11.8. The molecule has 18 heavy (non-hydrogen) atoms. The topological polar surface area (TPSA) is 70.8 Å². The molecule has 5 nitrogen and oxygen atoms in total. The summed E-state index contributed by atoms with van der Waals surface area (Å²) in [6, 6.07) is 0. The normalized spacial score (nSPS) is 24.6. The third kappa shape index (κ3) is 3.22. The summed E-state index contributed by atoms with van der Waals surface area (Å²) in [6.45, 7) is 2.54. The van der Waals surface area contributed by atoms with Gasteiger partial charge in [0.25, 0.3) is 0 Å². The summed E-state index contributed by atoms with van der Waals surface area (Å²) in [5.74, 6) is 0.400. The number of ether oxygens (including phenoxy) is 3. The molecule has 2 aliphatic rings.